The fourth-order valence-corrected chi connectivity index (χ4v) is 2.83. The quantitative estimate of drug-likeness (QED) is 0.748. The second-order valence-electron chi connectivity index (χ2n) is 5.89. The van der Waals surface area contributed by atoms with Crippen LogP contribution in [0.2, 0.25) is 5.02 Å². The summed E-state index contributed by atoms with van der Waals surface area (Å²) < 4.78 is 6.86. The molecule has 3 rings (SSSR count). The van der Waals surface area contributed by atoms with Crippen molar-refractivity contribution >= 4 is 28.4 Å². The molecule has 6 nitrogen and oxygen atoms in total. The zero-order valence-corrected chi connectivity index (χ0v) is 15.2. The number of amides is 1. The van der Waals surface area contributed by atoms with Gasteiger partial charge in [0.15, 0.2) is 6.61 Å². The smallest absolute Gasteiger partial charge is 0.261 e. The van der Waals surface area contributed by atoms with Crippen LogP contribution < -0.4 is 15.6 Å². The lowest BCUT2D eigenvalue weighted by atomic mass is 10.2. The molecule has 1 aromatic heterocycles. The Bertz CT molecular complexity index is 1000. The van der Waals surface area contributed by atoms with Gasteiger partial charge in [0.25, 0.3) is 11.5 Å². The molecule has 0 spiro atoms. The molecule has 0 bridgehead atoms. The van der Waals surface area contributed by atoms with Crippen molar-refractivity contribution < 1.29 is 9.53 Å². The maximum atomic E-state index is 12.5. The summed E-state index contributed by atoms with van der Waals surface area (Å²) in [5.74, 6) is 0.751. The summed E-state index contributed by atoms with van der Waals surface area (Å²) in [6.45, 7) is 1.64. The van der Waals surface area contributed by atoms with Crippen LogP contribution in [0, 0.1) is 0 Å². The van der Waals surface area contributed by atoms with E-state index in [9.17, 15) is 9.59 Å². The van der Waals surface area contributed by atoms with Crippen molar-refractivity contribution in [1.82, 2.24) is 14.9 Å². The van der Waals surface area contributed by atoms with Gasteiger partial charge in [-0.25, -0.2) is 4.98 Å². The molecule has 0 radical (unpaired) electrons. The first-order chi connectivity index (χ1) is 12.5. The van der Waals surface area contributed by atoms with Crippen molar-refractivity contribution in [2.45, 2.75) is 13.0 Å². The molecular weight excluding hydrogens is 354 g/mol. The number of aromatic nitrogens is 2. The number of hydrogen-bond donors (Lipinski definition) is 1. The molecule has 0 aliphatic heterocycles. The molecule has 1 N–H and O–H groups in total. The molecule has 3 aromatic rings. The van der Waals surface area contributed by atoms with Crippen molar-refractivity contribution in [3.05, 3.63) is 69.7 Å². The molecule has 26 heavy (non-hydrogen) atoms. The maximum absolute atomic E-state index is 12.5. The molecule has 1 heterocycles. The van der Waals surface area contributed by atoms with Crippen LogP contribution in [0.15, 0.2) is 53.3 Å². The van der Waals surface area contributed by atoms with E-state index in [0.29, 0.717) is 27.5 Å². The first-order valence-electron chi connectivity index (χ1n) is 8.09. The van der Waals surface area contributed by atoms with Crippen LogP contribution in [0.4, 0.5) is 0 Å². The molecular formula is C19H18ClN3O3. The molecule has 0 aliphatic carbocycles. The van der Waals surface area contributed by atoms with Crippen molar-refractivity contribution in [2.24, 2.45) is 7.05 Å². The van der Waals surface area contributed by atoms with E-state index in [4.69, 9.17) is 16.3 Å². The number of carbonyl (C=O) groups excluding carboxylic acids is 1. The van der Waals surface area contributed by atoms with Crippen LogP contribution >= 0.6 is 11.6 Å². The molecule has 1 amide bonds. The van der Waals surface area contributed by atoms with Gasteiger partial charge in [-0.15, -0.1) is 0 Å². The third-order valence-electron chi connectivity index (χ3n) is 3.95. The van der Waals surface area contributed by atoms with Crippen LogP contribution in [-0.4, -0.2) is 22.1 Å². The Morgan fingerprint density at radius 1 is 1.27 bits per heavy atom. The summed E-state index contributed by atoms with van der Waals surface area (Å²) in [6, 6.07) is 13.5. The number of halogens is 1. The minimum absolute atomic E-state index is 0.123. The highest BCUT2D eigenvalue weighted by molar-refractivity contribution is 6.31. The number of rotatable bonds is 5. The Hall–Kier alpha value is -2.86. The maximum Gasteiger partial charge on any atom is 0.261 e. The number of benzene rings is 2. The van der Waals surface area contributed by atoms with E-state index in [1.54, 1.807) is 44.3 Å². The monoisotopic (exact) mass is 371 g/mol. The number of nitrogens with one attached hydrogen (secondary N) is 1. The highest BCUT2D eigenvalue weighted by Gasteiger charge is 2.17. The molecule has 0 aliphatic rings. The van der Waals surface area contributed by atoms with Crippen LogP contribution in [0.25, 0.3) is 10.9 Å². The topological polar surface area (TPSA) is 73.2 Å². The molecule has 1 atom stereocenters. The SMILES string of the molecule is CC(NC(=O)COc1ccccc1)c1nc2cc(Cl)ccc2c(=O)n1C. The lowest BCUT2D eigenvalue weighted by Crippen LogP contribution is -2.35. The van der Waals surface area contributed by atoms with Crippen molar-refractivity contribution in [3.8, 4) is 5.75 Å². The summed E-state index contributed by atoms with van der Waals surface area (Å²) in [4.78, 5) is 29.1. The molecule has 0 saturated heterocycles. The summed E-state index contributed by atoms with van der Waals surface area (Å²) in [6.07, 6.45) is 0. The number of ether oxygens (including phenoxy) is 1. The van der Waals surface area contributed by atoms with Gasteiger partial charge in [0, 0.05) is 12.1 Å². The Morgan fingerprint density at radius 3 is 2.73 bits per heavy atom. The number of carbonyl (C=O) groups is 1. The first kappa shape index (κ1) is 17.9. The van der Waals surface area contributed by atoms with E-state index in [0.717, 1.165) is 0 Å². The van der Waals surface area contributed by atoms with Gasteiger partial charge in [-0.3, -0.25) is 14.2 Å². The molecule has 2 aromatic carbocycles. The number of nitrogens with zero attached hydrogens (tertiary/aromatic N) is 2. The minimum atomic E-state index is -0.469. The lowest BCUT2D eigenvalue weighted by molar-refractivity contribution is -0.123. The van der Waals surface area contributed by atoms with E-state index in [-0.39, 0.29) is 18.1 Å². The van der Waals surface area contributed by atoms with Gasteiger partial charge in [0.05, 0.1) is 16.9 Å². The zero-order chi connectivity index (χ0) is 18.7. The second-order valence-corrected chi connectivity index (χ2v) is 6.32. The van der Waals surface area contributed by atoms with Gasteiger partial charge in [0.1, 0.15) is 11.6 Å². The minimum Gasteiger partial charge on any atom is -0.484 e. The van der Waals surface area contributed by atoms with Gasteiger partial charge in [0.2, 0.25) is 0 Å². The number of hydrogen-bond acceptors (Lipinski definition) is 4. The van der Waals surface area contributed by atoms with E-state index >= 15 is 0 Å². The summed E-state index contributed by atoms with van der Waals surface area (Å²) in [7, 11) is 1.63. The van der Waals surface area contributed by atoms with E-state index < -0.39 is 6.04 Å². The van der Waals surface area contributed by atoms with Gasteiger partial charge >= 0.3 is 0 Å². The van der Waals surface area contributed by atoms with Crippen molar-refractivity contribution in [3.63, 3.8) is 0 Å². The largest absolute Gasteiger partial charge is 0.484 e. The number of fused-ring (bicyclic) bond motifs is 1. The van der Waals surface area contributed by atoms with Crippen molar-refractivity contribution in [1.29, 1.82) is 0 Å². The Labute approximate surface area is 155 Å². The third-order valence-corrected chi connectivity index (χ3v) is 4.19. The zero-order valence-electron chi connectivity index (χ0n) is 14.4. The summed E-state index contributed by atoms with van der Waals surface area (Å²) >= 11 is 5.99. The highest BCUT2D eigenvalue weighted by Crippen LogP contribution is 2.17. The molecule has 0 saturated carbocycles. The normalized spacial score (nSPS) is 12.0. The van der Waals surface area contributed by atoms with Crippen LogP contribution in [0.5, 0.6) is 5.75 Å². The molecule has 1 unspecified atom stereocenters. The average Bonchev–Trinajstić information content (AvgIpc) is 2.63. The van der Waals surface area contributed by atoms with Crippen LogP contribution in [0.1, 0.15) is 18.8 Å². The van der Waals surface area contributed by atoms with Gasteiger partial charge in [-0.2, -0.15) is 0 Å². The van der Waals surface area contributed by atoms with Gasteiger partial charge in [-0.05, 0) is 37.3 Å². The third kappa shape index (κ3) is 3.86. The standard InChI is InChI=1S/C19H18ClN3O3/c1-12(21-17(24)11-26-14-6-4-3-5-7-14)18-22-16-10-13(20)8-9-15(16)19(25)23(18)2/h3-10,12H,11H2,1-2H3,(H,21,24). The van der Waals surface area contributed by atoms with Gasteiger partial charge < -0.3 is 10.1 Å². The molecule has 134 valence electrons. The lowest BCUT2D eigenvalue weighted by Gasteiger charge is -2.17. The second kappa shape index (κ2) is 7.58. The predicted molar refractivity (Wildman–Crippen MR) is 100 cm³/mol. The van der Waals surface area contributed by atoms with Gasteiger partial charge in [-0.1, -0.05) is 29.8 Å². The Balaban J connectivity index is 1.76. The highest BCUT2D eigenvalue weighted by atomic mass is 35.5. The van der Waals surface area contributed by atoms with Crippen molar-refractivity contribution in [2.75, 3.05) is 6.61 Å². The molecule has 0 fully saturated rings. The number of para-hydroxylation sites is 1. The molecule has 7 heteroatoms. The summed E-state index contributed by atoms with van der Waals surface area (Å²) in [5, 5.41) is 3.77. The Kier molecular flexibility index (Phi) is 5.23. The fourth-order valence-electron chi connectivity index (χ4n) is 2.66. The Morgan fingerprint density at radius 2 is 2.00 bits per heavy atom. The fraction of sp³-hybridized carbons (Fsp3) is 0.211. The predicted octanol–water partition coefficient (Wildman–Crippen LogP) is 2.84. The first-order valence-corrected chi connectivity index (χ1v) is 8.47. The van der Waals surface area contributed by atoms with Crippen LogP contribution in [-0.2, 0) is 11.8 Å². The average molecular weight is 372 g/mol. The van der Waals surface area contributed by atoms with E-state index in [2.05, 4.69) is 10.3 Å². The van der Waals surface area contributed by atoms with E-state index in [1.165, 1.54) is 4.57 Å². The summed E-state index contributed by atoms with van der Waals surface area (Å²) in [5.41, 5.74) is 0.306. The van der Waals surface area contributed by atoms with Crippen LogP contribution in [0.3, 0.4) is 0 Å². The van der Waals surface area contributed by atoms with E-state index in [1.807, 2.05) is 18.2 Å².